The average molecular weight is 294 g/mol. The van der Waals surface area contributed by atoms with E-state index >= 15 is 0 Å². The van der Waals surface area contributed by atoms with Crippen molar-refractivity contribution in [2.45, 2.75) is 25.9 Å². The maximum absolute atomic E-state index is 12.1. The lowest BCUT2D eigenvalue weighted by atomic mass is 9.99. The van der Waals surface area contributed by atoms with Gasteiger partial charge in [-0.25, -0.2) is 4.98 Å². The standard InChI is InChI=1S/C17H18N4O/c1-13(20-17(22)9-10-21-12-18-11-19-21)15-8-4-6-14-5-2-3-7-16(14)15/h2-8,11-13H,9-10H2,1H3,(H,20,22). The zero-order valence-electron chi connectivity index (χ0n) is 12.4. The summed E-state index contributed by atoms with van der Waals surface area (Å²) >= 11 is 0. The van der Waals surface area contributed by atoms with E-state index < -0.39 is 0 Å². The highest BCUT2D eigenvalue weighted by atomic mass is 16.1. The first-order valence-corrected chi connectivity index (χ1v) is 7.33. The molecule has 0 saturated carbocycles. The summed E-state index contributed by atoms with van der Waals surface area (Å²) in [7, 11) is 0. The van der Waals surface area contributed by atoms with Gasteiger partial charge in [-0.1, -0.05) is 42.5 Å². The number of nitrogens with zero attached hydrogens (tertiary/aromatic N) is 3. The van der Waals surface area contributed by atoms with Crippen molar-refractivity contribution in [2.24, 2.45) is 0 Å². The van der Waals surface area contributed by atoms with E-state index in [1.165, 1.54) is 17.1 Å². The quantitative estimate of drug-likeness (QED) is 0.787. The minimum absolute atomic E-state index is 0.0101. The number of carbonyl (C=O) groups is 1. The maximum atomic E-state index is 12.1. The lowest BCUT2D eigenvalue weighted by Crippen LogP contribution is -2.27. The van der Waals surface area contributed by atoms with Gasteiger partial charge in [-0.15, -0.1) is 0 Å². The van der Waals surface area contributed by atoms with Crippen molar-refractivity contribution in [3.8, 4) is 0 Å². The summed E-state index contributed by atoms with van der Waals surface area (Å²) < 4.78 is 1.65. The molecule has 112 valence electrons. The molecule has 0 saturated heterocycles. The van der Waals surface area contributed by atoms with Crippen LogP contribution in [-0.4, -0.2) is 20.7 Å². The van der Waals surface area contributed by atoms with Crippen LogP contribution in [-0.2, 0) is 11.3 Å². The van der Waals surface area contributed by atoms with Crippen molar-refractivity contribution in [1.82, 2.24) is 20.1 Å². The first-order chi connectivity index (χ1) is 10.7. The molecule has 0 radical (unpaired) electrons. The lowest BCUT2D eigenvalue weighted by molar-refractivity contribution is -0.122. The Hall–Kier alpha value is -2.69. The summed E-state index contributed by atoms with van der Waals surface area (Å²) in [5.74, 6) is 0.0101. The Labute approximate surface area is 129 Å². The molecule has 0 aliphatic heterocycles. The van der Waals surface area contributed by atoms with Gasteiger partial charge >= 0.3 is 0 Å². The number of rotatable bonds is 5. The number of hydrogen-bond acceptors (Lipinski definition) is 3. The molecule has 3 rings (SSSR count). The van der Waals surface area contributed by atoms with Gasteiger partial charge in [0.05, 0.1) is 12.6 Å². The molecule has 1 unspecified atom stereocenters. The Morgan fingerprint density at radius 3 is 2.86 bits per heavy atom. The number of aryl methyl sites for hydroxylation is 1. The molecule has 1 amide bonds. The van der Waals surface area contributed by atoms with E-state index in [0.29, 0.717) is 13.0 Å². The van der Waals surface area contributed by atoms with Gasteiger partial charge in [0.25, 0.3) is 0 Å². The molecular formula is C17H18N4O. The molecule has 1 N–H and O–H groups in total. The number of hydrogen-bond donors (Lipinski definition) is 1. The molecule has 2 aromatic carbocycles. The van der Waals surface area contributed by atoms with Crippen LogP contribution in [0.15, 0.2) is 55.1 Å². The lowest BCUT2D eigenvalue weighted by Gasteiger charge is -2.16. The largest absolute Gasteiger partial charge is 0.350 e. The average Bonchev–Trinajstić information content (AvgIpc) is 3.06. The summed E-state index contributed by atoms with van der Waals surface area (Å²) in [5, 5.41) is 9.40. The van der Waals surface area contributed by atoms with Gasteiger partial charge in [-0.05, 0) is 23.3 Å². The van der Waals surface area contributed by atoms with Crippen LogP contribution in [0.4, 0.5) is 0 Å². The molecule has 1 heterocycles. The predicted molar refractivity (Wildman–Crippen MR) is 85.1 cm³/mol. The summed E-state index contributed by atoms with van der Waals surface area (Å²) in [6.45, 7) is 2.54. The van der Waals surface area contributed by atoms with Crippen LogP contribution in [0.5, 0.6) is 0 Å². The first kappa shape index (κ1) is 14.3. The van der Waals surface area contributed by atoms with E-state index in [0.717, 1.165) is 5.56 Å². The molecular weight excluding hydrogens is 276 g/mol. The van der Waals surface area contributed by atoms with Crippen molar-refractivity contribution < 1.29 is 4.79 Å². The van der Waals surface area contributed by atoms with Crippen molar-refractivity contribution in [3.05, 3.63) is 60.7 Å². The second-order valence-electron chi connectivity index (χ2n) is 5.27. The molecule has 0 fully saturated rings. The summed E-state index contributed by atoms with van der Waals surface area (Å²) in [6.07, 6.45) is 3.47. The molecule has 1 aromatic heterocycles. The highest BCUT2D eigenvalue weighted by Crippen LogP contribution is 2.23. The van der Waals surface area contributed by atoms with Crippen molar-refractivity contribution in [2.75, 3.05) is 0 Å². The van der Waals surface area contributed by atoms with Crippen LogP contribution in [0.3, 0.4) is 0 Å². The third-order valence-electron chi connectivity index (χ3n) is 3.70. The smallest absolute Gasteiger partial charge is 0.222 e. The van der Waals surface area contributed by atoms with E-state index in [1.54, 1.807) is 11.0 Å². The van der Waals surface area contributed by atoms with Gasteiger partial charge < -0.3 is 5.32 Å². The molecule has 0 spiro atoms. The van der Waals surface area contributed by atoms with Crippen molar-refractivity contribution >= 4 is 16.7 Å². The van der Waals surface area contributed by atoms with Gasteiger partial charge in [-0.3, -0.25) is 9.48 Å². The second-order valence-corrected chi connectivity index (χ2v) is 5.27. The number of carbonyl (C=O) groups excluding carboxylic acids is 1. The van der Waals surface area contributed by atoms with Crippen LogP contribution in [0.25, 0.3) is 10.8 Å². The van der Waals surface area contributed by atoms with Gasteiger partial charge in [0, 0.05) is 6.42 Å². The van der Waals surface area contributed by atoms with Crippen LogP contribution in [0.1, 0.15) is 24.9 Å². The zero-order chi connectivity index (χ0) is 15.4. The van der Waals surface area contributed by atoms with Crippen molar-refractivity contribution in [1.29, 1.82) is 0 Å². The first-order valence-electron chi connectivity index (χ1n) is 7.33. The summed E-state index contributed by atoms with van der Waals surface area (Å²) in [5.41, 5.74) is 1.13. The Morgan fingerprint density at radius 1 is 1.23 bits per heavy atom. The number of nitrogens with one attached hydrogen (secondary N) is 1. The minimum Gasteiger partial charge on any atom is -0.350 e. The highest BCUT2D eigenvalue weighted by molar-refractivity contribution is 5.86. The normalized spacial score (nSPS) is 12.2. The van der Waals surface area contributed by atoms with E-state index in [4.69, 9.17) is 0 Å². The SMILES string of the molecule is CC(NC(=O)CCn1cncn1)c1cccc2ccccc12. The fourth-order valence-corrected chi connectivity index (χ4v) is 2.58. The second kappa shape index (κ2) is 6.39. The maximum Gasteiger partial charge on any atom is 0.222 e. The van der Waals surface area contributed by atoms with Crippen LogP contribution >= 0.6 is 0 Å². The number of fused-ring (bicyclic) bond motifs is 1. The molecule has 0 bridgehead atoms. The minimum atomic E-state index is -0.0330. The third kappa shape index (κ3) is 3.14. The summed E-state index contributed by atoms with van der Waals surface area (Å²) in [4.78, 5) is 15.9. The fourth-order valence-electron chi connectivity index (χ4n) is 2.58. The zero-order valence-corrected chi connectivity index (χ0v) is 12.4. The molecule has 0 aliphatic carbocycles. The number of amides is 1. The van der Waals surface area contributed by atoms with Gasteiger partial charge in [0.15, 0.2) is 0 Å². The van der Waals surface area contributed by atoms with Gasteiger partial charge in [-0.2, -0.15) is 5.10 Å². The van der Waals surface area contributed by atoms with Gasteiger partial charge in [0.1, 0.15) is 12.7 Å². The monoisotopic (exact) mass is 294 g/mol. The van der Waals surface area contributed by atoms with Crippen molar-refractivity contribution in [3.63, 3.8) is 0 Å². The highest BCUT2D eigenvalue weighted by Gasteiger charge is 2.12. The van der Waals surface area contributed by atoms with Gasteiger partial charge in [0.2, 0.25) is 5.91 Å². The molecule has 5 nitrogen and oxygen atoms in total. The Balaban J connectivity index is 1.68. The van der Waals surface area contributed by atoms with E-state index in [-0.39, 0.29) is 11.9 Å². The van der Waals surface area contributed by atoms with Crippen LogP contribution in [0, 0.1) is 0 Å². The number of aromatic nitrogens is 3. The number of benzene rings is 2. The van der Waals surface area contributed by atoms with E-state index in [2.05, 4.69) is 39.7 Å². The summed E-state index contributed by atoms with van der Waals surface area (Å²) in [6, 6.07) is 14.3. The Kier molecular flexibility index (Phi) is 4.14. The van der Waals surface area contributed by atoms with Crippen LogP contribution in [0.2, 0.25) is 0 Å². The van der Waals surface area contributed by atoms with E-state index in [1.807, 2.05) is 25.1 Å². The predicted octanol–water partition coefficient (Wildman–Crippen LogP) is 2.70. The molecule has 5 heteroatoms. The molecule has 1 atom stereocenters. The molecule has 0 aliphatic rings. The molecule has 22 heavy (non-hydrogen) atoms. The topological polar surface area (TPSA) is 59.8 Å². The Morgan fingerprint density at radius 2 is 2.05 bits per heavy atom. The molecule has 3 aromatic rings. The third-order valence-corrected chi connectivity index (χ3v) is 3.70. The van der Waals surface area contributed by atoms with Crippen LogP contribution < -0.4 is 5.32 Å². The fraction of sp³-hybridized carbons (Fsp3) is 0.235. The Bertz CT molecular complexity index is 762. The van der Waals surface area contributed by atoms with E-state index in [9.17, 15) is 4.79 Å².